The second-order valence-corrected chi connectivity index (χ2v) is 7.77. The Kier molecular flexibility index (Phi) is 7.38. The lowest BCUT2D eigenvalue weighted by molar-refractivity contribution is -0.137. The highest BCUT2D eigenvalue weighted by atomic mass is 16.5. The summed E-state index contributed by atoms with van der Waals surface area (Å²) in [5, 5.41) is 7.09. The van der Waals surface area contributed by atoms with Gasteiger partial charge in [-0.25, -0.2) is 9.67 Å². The molecular formula is C24H27N5O5. The summed E-state index contributed by atoms with van der Waals surface area (Å²) < 4.78 is 18.0. The van der Waals surface area contributed by atoms with Gasteiger partial charge in [0.15, 0.2) is 18.1 Å². The topological polar surface area (TPSA) is 108 Å². The maximum absolute atomic E-state index is 12.8. The first kappa shape index (κ1) is 23.2. The van der Waals surface area contributed by atoms with E-state index in [4.69, 9.17) is 14.2 Å². The summed E-state index contributed by atoms with van der Waals surface area (Å²) in [4.78, 5) is 30.8. The first-order valence-corrected chi connectivity index (χ1v) is 11.0. The SMILES string of the molecule is COc1cc(C(=O)N[C@H](C)c2ccc(-n3cncn3)cc2)ccc1OCC(=O)N1CCOCC1. The Balaban J connectivity index is 1.36. The molecule has 1 atom stereocenters. The van der Waals surface area contributed by atoms with E-state index in [1.165, 1.54) is 13.4 Å². The van der Waals surface area contributed by atoms with Crippen LogP contribution in [0.2, 0.25) is 0 Å². The minimum atomic E-state index is -0.248. The maximum Gasteiger partial charge on any atom is 0.260 e. The van der Waals surface area contributed by atoms with Crippen LogP contribution in [0.5, 0.6) is 11.5 Å². The van der Waals surface area contributed by atoms with Gasteiger partial charge in [-0.05, 0) is 42.8 Å². The van der Waals surface area contributed by atoms with Gasteiger partial charge in [0.05, 0.1) is 32.1 Å². The lowest BCUT2D eigenvalue weighted by Crippen LogP contribution is -2.43. The number of carbonyl (C=O) groups is 2. The Bertz CT molecular complexity index is 1110. The smallest absolute Gasteiger partial charge is 0.260 e. The highest BCUT2D eigenvalue weighted by Crippen LogP contribution is 2.28. The van der Waals surface area contributed by atoms with Crippen LogP contribution in [0.15, 0.2) is 55.1 Å². The summed E-state index contributed by atoms with van der Waals surface area (Å²) >= 11 is 0. The summed E-state index contributed by atoms with van der Waals surface area (Å²) in [6, 6.07) is 12.4. The first-order valence-electron chi connectivity index (χ1n) is 11.0. The minimum Gasteiger partial charge on any atom is -0.493 e. The number of hydrogen-bond acceptors (Lipinski definition) is 7. The van der Waals surface area contributed by atoms with E-state index < -0.39 is 0 Å². The van der Waals surface area contributed by atoms with Crippen LogP contribution in [-0.4, -0.2) is 71.5 Å². The fraction of sp³-hybridized carbons (Fsp3) is 0.333. The van der Waals surface area contributed by atoms with Crippen molar-refractivity contribution in [2.75, 3.05) is 40.0 Å². The predicted octanol–water partition coefficient (Wildman–Crippen LogP) is 2.00. The molecule has 2 heterocycles. The van der Waals surface area contributed by atoms with Crippen LogP contribution in [0.25, 0.3) is 5.69 Å². The predicted molar refractivity (Wildman–Crippen MR) is 123 cm³/mol. The molecule has 0 unspecified atom stereocenters. The zero-order valence-electron chi connectivity index (χ0n) is 19.1. The zero-order chi connectivity index (χ0) is 23.9. The minimum absolute atomic E-state index is 0.108. The molecule has 34 heavy (non-hydrogen) atoms. The first-order chi connectivity index (χ1) is 16.5. The van der Waals surface area contributed by atoms with Gasteiger partial charge in [-0.15, -0.1) is 0 Å². The van der Waals surface area contributed by atoms with Crippen LogP contribution < -0.4 is 14.8 Å². The number of nitrogens with zero attached hydrogens (tertiary/aromatic N) is 4. The number of morpholine rings is 1. The van der Waals surface area contributed by atoms with E-state index in [-0.39, 0.29) is 24.5 Å². The van der Waals surface area contributed by atoms with Crippen molar-refractivity contribution < 1.29 is 23.8 Å². The lowest BCUT2D eigenvalue weighted by Gasteiger charge is -2.26. The highest BCUT2D eigenvalue weighted by molar-refractivity contribution is 5.95. The number of rotatable bonds is 8. The Hall–Kier alpha value is -3.92. The number of benzene rings is 2. The van der Waals surface area contributed by atoms with Gasteiger partial charge in [-0.3, -0.25) is 9.59 Å². The van der Waals surface area contributed by atoms with E-state index >= 15 is 0 Å². The molecule has 1 aromatic heterocycles. The van der Waals surface area contributed by atoms with Gasteiger partial charge in [-0.2, -0.15) is 5.10 Å². The van der Waals surface area contributed by atoms with Crippen molar-refractivity contribution in [2.45, 2.75) is 13.0 Å². The number of aromatic nitrogens is 3. The third-order valence-corrected chi connectivity index (χ3v) is 5.56. The third kappa shape index (κ3) is 5.52. The fourth-order valence-electron chi connectivity index (χ4n) is 3.59. The summed E-state index contributed by atoms with van der Waals surface area (Å²) in [5.41, 5.74) is 2.26. The van der Waals surface area contributed by atoms with Crippen molar-refractivity contribution >= 4 is 11.8 Å². The number of nitrogens with one attached hydrogen (secondary N) is 1. The molecule has 1 N–H and O–H groups in total. The lowest BCUT2D eigenvalue weighted by atomic mass is 10.1. The van der Waals surface area contributed by atoms with Crippen molar-refractivity contribution in [2.24, 2.45) is 0 Å². The molecule has 2 amide bonds. The Labute approximate surface area is 197 Å². The number of methoxy groups -OCH3 is 1. The molecule has 2 aromatic carbocycles. The molecule has 4 rings (SSSR count). The Morgan fingerprint density at radius 1 is 1.12 bits per heavy atom. The van der Waals surface area contributed by atoms with Crippen LogP contribution in [0.1, 0.15) is 28.9 Å². The van der Waals surface area contributed by atoms with Gasteiger partial charge in [0.2, 0.25) is 0 Å². The average Bonchev–Trinajstić information content (AvgIpc) is 3.43. The van der Waals surface area contributed by atoms with Crippen LogP contribution in [-0.2, 0) is 9.53 Å². The van der Waals surface area contributed by atoms with Gasteiger partial charge in [0.25, 0.3) is 11.8 Å². The van der Waals surface area contributed by atoms with Gasteiger partial charge in [-0.1, -0.05) is 12.1 Å². The van der Waals surface area contributed by atoms with E-state index in [1.54, 1.807) is 34.1 Å². The Morgan fingerprint density at radius 2 is 1.88 bits per heavy atom. The van der Waals surface area contributed by atoms with Crippen LogP contribution >= 0.6 is 0 Å². The molecule has 10 heteroatoms. The molecular weight excluding hydrogens is 438 g/mol. The molecule has 1 aliphatic rings. The molecule has 0 bridgehead atoms. The number of carbonyl (C=O) groups excluding carboxylic acids is 2. The molecule has 1 fully saturated rings. The molecule has 1 aliphatic heterocycles. The quantitative estimate of drug-likeness (QED) is 0.542. The normalized spacial score (nSPS) is 14.4. The molecule has 0 radical (unpaired) electrons. The number of amides is 2. The summed E-state index contributed by atoms with van der Waals surface area (Å²) in [6.07, 6.45) is 3.10. The molecule has 0 spiro atoms. The van der Waals surface area contributed by atoms with Crippen molar-refractivity contribution in [3.05, 3.63) is 66.2 Å². The van der Waals surface area contributed by atoms with E-state index in [0.717, 1.165) is 11.3 Å². The summed E-state index contributed by atoms with van der Waals surface area (Å²) in [7, 11) is 1.49. The van der Waals surface area contributed by atoms with Crippen molar-refractivity contribution in [1.29, 1.82) is 0 Å². The van der Waals surface area contributed by atoms with Crippen LogP contribution in [0.3, 0.4) is 0 Å². The fourth-order valence-corrected chi connectivity index (χ4v) is 3.59. The molecule has 1 saturated heterocycles. The van der Waals surface area contributed by atoms with Gasteiger partial charge >= 0.3 is 0 Å². The molecule has 178 valence electrons. The van der Waals surface area contributed by atoms with Crippen molar-refractivity contribution in [1.82, 2.24) is 25.0 Å². The monoisotopic (exact) mass is 465 g/mol. The van der Waals surface area contributed by atoms with Gasteiger partial charge in [0.1, 0.15) is 12.7 Å². The molecule has 0 aliphatic carbocycles. The molecule has 10 nitrogen and oxygen atoms in total. The number of ether oxygens (including phenoxy) is 3. The Morgan fingerprint density at radius 3 is 2.56 bits per heavy atom. The molecule has 3 aromatic rings. The standard InChI is InChI=1S/C24H27N5O5/c1-17(18-3-6-20(7-4-18)29-16-25-15-26-29)27-24(31)19-5-8-21(22(13-19)32-2)34-14-23(30)28-9-11-33-12-10-28/h3-8,13,15-17H,9-12,14H2,1-2H3,(H,27,31)/t17-/m1/s1. The molecule has 0 saturated carbocycles. The third-order valence-electron chi connectivity index (χ3n) is 5.56. The van der Waals surface area contributed by atoms with Gasteiger partial charge < -0.3 is 24.4 Å². The highest BCUT2D eigenvalue weighted by Gasteiger charge is 2.19. The second-order valence-electron chi connectivity index (χ2n) is 7.77. The van der Waals surface area contributed by atoms with E-state index in [0.29, 0.717) is 43.4 Å². The zero-order valence-corrected chi connectivity index (χ0v) is 19.1. The van der Waals surface area contributed by atoms with Crippen molar-refractivity contribution in [3.8, 4) is 17.2 Å². The van der Waals surface area contributed by atoms with E-state index in [9.17, 15) is 9.59 Å². The maximum atomic E-state index is 12.8. The summed E-state index contributed by atoms with van der Waals surface area (Å²) in [6.45, 7) is 3.98. The largest absolute Gasteiger partial charge is 0.493 e. The van der Waals surface area contributed by atoms with Gasteiger partial charge in [0, 0.05) is 18.7 Å². The van der Waals surface area contributed by atoms with Crippen LogP contribution in [0.4, 0.5) is 0 Å². The van der Waals surface area contributed by atoms with E-state index in [2.05, 4.69) is 15.4 Å². The average molecular weight is 466 g/mol. The van der Waals surface area contributed by atoms with Crippen molar-refractivity contribution in [3.63, 3.8) is 0 Å². The number of hydrogen-bond donors (Lipinski definition) is 1. The van der Waals surface area contributed by atoms with E-state index in [1.807, 2.05) is 31.2 Å². The van der Waals surface area contributed by atoms with Crippen LogP contribution in [0, 0.1) is 0 Å². The summed E-state index contributed by atoms with van der Waals surface area (Å²) in [5.74, 6) is 0.419. The second kappa shape index (κ2) is 10.8.